The zero-order valence-corrected chi connectivity index (χ0v) is 16.6. The first-order chi connectivity index (χ1) is 13.7. The third-order valence-corrected chi connectivity index (χ3v) is 5.55. The predicted octanol–water partition coefficient (Wildman–Crippen LogP) is 3.39. The number of aryl methyl sites for hydroxylation is 1. The van der Waals surface area contributed by atoms with Crippen LogP contribution in [0.25, 0.3) is 0 Å². The monoisotopic (exact) mass is 394 g/mol. The second kappa shape index (κ2) is 8.39. The number of aromatic nitrogens is 2. The number of pyridine rings is 1. The van der Waals surface area contributed by atoms with E-state index in [4.69, 9.17) is 4.74 Å². The van der Waals surface area contributed by atoms with Crippen molar-refractivity contribution in [1.29, 1.82) is 0 Å². The topological polar surface area (TPSA) is 58.6 Å². The Morgan fingerprint density at radius 2 is 1.93 bits per heavy atom. The molecule has 6 nitrogen and oxygen atoms in total. The number of benzene rings is 1. The standard InChI is InChI=1S/C21H22N4O2S/c1-16-23-18(15-28-16)14-27-20-4-2-3-17(13-20)21(26)25-11-9-24(10-12-25)19-5-7-22-8-6-19/h2-8,13,15H,9-12,14H2,1H3. The molecule has 0 spiro atoms. The molecule has 3 heterocycles. The maximum atomic E-state index is 12.9. The van der Waals surface area contributed by atoms with Gasteiger partial charge in [-0.1, -0.05) is 6.07 Å². The van der Waals surface area contributed by atoms with Crippen molar-refractivity contribution in [3.8, 4) is 5.75 Å². The van der Waals surface area contributed by atoms with Crippen molar-refractivity contribution in [2.45, 2.75) is 13.5 Å². The van der Waals surface area contributed by atoms with Crippen LogP contribution < -0.4 is 9.64 Å². The lowest BCUT2D eigenvalue weighted by molar-refractivity contribution is 0.0746. The highest BCUT2D eigenvalue weighted by atomic mass is 32.1. The molecule has 0 saturated carbocycles. The maximum Gasteiger partial charge on any atom is 0.254 e. The molecule has 1 aliphatic heterocycles. The summed E-state index contributed by atoms with van der Waals surface area (Å²) in [5, 5.41) is 3.01. The van der Waals surface area contributed by atoms with Crippen molar-refractivity contribution in [2.24, 2.45) is 0 Å². The predicted molar refractivity (Wildman–Crippen MR) is 110 cm³/mol. The van der Waals surface area contributed by atoms with Gasteiger partial charge in [-0.2, -0.15) is 0 Å². The number of carbonyl (C=O) groups excluding carboxylic acids is 1. The second-order valence-electron chi connectivity index (χ2n) is 6.66. The molecule has 0 unspecified atom stereocenters. The molecule has 4 rings (SSSR count). The van der Waals surface area contributed by atoms with Crippen molar-refractivity contribution in [2.75, 3.05) is 31.1 Å². The van der Waals surface area contributed by atoms with Crippen LogP contribution in [0.3, 0.4) is 0 Å². The summed E-state index contributed by atoms with van der Waals surface area (Å²) in [6.45, 7) is 5.41. The van der Waals surface area contributed by atoms with Crippen LogP contribution in [-0.4, -0.2) is 47.0 Å². The molecule has 2 aromatic heterocycles. The number of piperazine rings is 1. The number of hydrogen-bond donors (Lipinski definition) is 0. The van der Waals surface area contributed by atoms with Gasteiger partial charge in [0.1, 0.15) is 12.4 Å². The molecule has 0 aliphatic carbocycles. The number of anilines is 1. The van der Waals surface area contributed by atoms with E-state index in [1.807, 2.05) is 53.6 Å². The Morgan fingerprint density at radius 3 is 2.64 bits per heavy atom. The van der Waals surface area contributed by atoms with Crippen LogP contribution in [0.1, 0.15) is 21.1 Å². The molecule has 3 aromatic rings. The van der Waals surface area contributed by atoms with Gasteiger partial charge in [-0.3, -0.25) is 9.78 Å². The van der Waals surface area contributed by atoms with Crippen LogP contribution in [0, 0.1) is 6.92 Å². The van der Waals surface area contributed by atoms with Crippen LogP contribution in [0.4, 0.5) is 5.69 Å². The van der Waals surface area contributed by atoms with Crippen molar-refractivity contribution in [3.63, 3.8) is 0 Å². The van der Waals surface area contributed by atoms with Gasteiger partial charge in [-0.25, -0.2) is 4.98 Å². The fraction of sp³-hybridized carbons (Fsp3) is 0.286. The zero-order chi connectivity index (χ0) is 19.3. The van der Waals surface area contributed by atoms with E-state index < -0.39 is 0 Å². The molecule has 1 aromatic carbocycles. The molecule has 0 N–H and O–H groups in total. The molecule has 1 amide bonds. The van der Waals surface area contributed by atoms with Gasteiger partial charge in [-0.15, -0.1) is 11.3 Å². The van der Waals surface area contributed by atoms with Crippen molar-refractivity contribution in [3.05, 3.63) is 70.4 Å². The number of hydrogen-bond acceptors (Lipinski definition) is 6. The number of amides is 1. The normalized spacial score (nSPS) is 14.2. The lowest BCUT2D eigenvalue weighted by Crippen LogP contribution is -2.48. The molecular formula is C21H22N4O2S. The summed E-state index contributed by atoms with van der Waals surface area (Å²) >= 11 is 1.61. The third kappa shape index (κ3) is 4.31. The zero-order valence-electron chi connectivity index (χ0n) is 15.7. The van der Waals surface area contributed by atoms with Gasteiger partial charge < -0.3 is 14.5 Å². The molecule has 0 bridgehead atoms. The summed E-state index contributed by atoms with van der Waals surface area (Å²) in [7, 11) is 0. The maximum absolute atomic E-state index is 12.9. The molecule has 0 atom stereocenters. The van der Waals surface area contributed by atoms with Crippen LogP contribution in [0.2, 0.25) is 0 Å². The number of ether oxygens (including phenoxy) is 1. The van der Waals surface area contributed by atoms with E-state index in [-0.39, 0.29) is 5.91 Å². The van der Waals surface area contributed by atoms with E-state index >= 15 is 0 Å². The molecule has 28 heavy (non-hydrogen) atoms. The number of rotatable bonds is 5. The Balaban J connectivity index is 1.36. The lowest BCUT2D eigenvalue weighted by Gasteiger charge is -2.36. The Bertz CT molecular complexity index is 936. The van der Waals surface area contributed by atoms with E-state index in [9.17, 15) is 4.79 Å². The first-order valence-electron chi connectivity index (χ1n) is 9.27. The molecule has 144 valence electrons. The quantitative estimate of drug-likeness (QED) is 0.664. The van der Waals surface area contributed by atoms with Gasteiger partial charge in [0, 0.05) is 55.2 Å². The second-order valence-corrected chi connectivity index (χ2v) is 7.72. The van der Waals surface area contributed by atoms with Crippen LogP contribution in [-0.2, 0) is 6.61 Å². The van der Waals surface area contributed by atoms with Crippen LogP contribution >= 0.6 is 11.3 Å². The summed E-state index contributed by atoms with van der Waals surface area (Å²) in [6, 6.07) is 11.4. The van der Waals surface area contributed by atoms with Gasteiger partial charge in [0.2, 0.25) is 0 Å². The van der Waals surface area contributed by atoms with E-state index in [0.717, 1.165) is 29.5 Å². The summed E-state index contributed by atoms with van der Waals surface area (Å²) in [5.41, 5.74) is 2.71. The first-order valence-corrected chi connectivity index (χ1v) is 10.1. The summed E-state index contributed by atoms with van der Waals surface area (Å²) in [4.78, 5) is 25.5. The van der Waals surface area contributed by atoms with E-state index in [0.29, 0.717) is 31.0 Å². The summed E-state index contributed by atoms with van der Waals surface area (Å²) in [5.74, 6) is 0.733. The molecule has 0 radical (unpaired) electrons. The fourth-order valence-corrected chi connectivity index (χ4v) is 3.85. The average molecular weight is 395 g/mol. The van der Waals surface area contributed by atoms with Gasteiger partial charge in [0.25, 0.3) is 5.91 Å². The largest absolute Gasteiger partial charge is 0.487 e. The molecule has 1 aliphatic rings. The third-order valence-electron chi connectivity index (χ3n) is 4.73. The van der Waals surface area contributed by atoms with Crippen LogP contribution in [0.15, 0.2) is 54.2 Å². The minimum absolute atomic E-state index is 0.0457. The first kappa shape index (κ1) is 18.4. The fourth-order valence-electron chi connectivity index (χ4n) is 3.26. The SMILES string of the molecule is Cc1nc(COc2cccc(C(=O)N3CCN(c4ccncc4)CC3)c2)cs1. The van der Waals surface area contributed by atoms with E-state index in [1.165, 1.54) is 0 Å². The van der Waals surface area contributed by atoms with E-state index in [2.05, 4.69) is 14.9 Å². The smallest absolute Gasteiger partial charge is 0.254 e. The Hall–Kier alpha value is -2.93. The minimum Gasteiger partial charge on any atom is -0.487 e. The Labute approximate surface area is 168 Å². The molecule has 1 fully saturated rings. The van der Waals surface area contributed by atoms with Gasteiger partial charge in [-0.05, 0) is 37.3 Å². The van der Waals surface area contributed by atoms with Gasteiger partial charge in [0.15, 0.2) is 0 Å². The number of carbonyl (C=O) groups is 1. The highest BCUT2D eigenvalue weighted by Gasteiger charge is 2.22. The highest BCUT2D eigenvalue weighted by Crippen LogP contribution is 2.20. The average Bonchev–Trinajstić information content (AvgIpc) is 3.18. The Kier molecular flexibility index (Phi) is 5.53. The highest BCUT2D eigenvalue weighted by molar-refractivity contribution is 7.09. The molecule has 1 saturated heterocycles. The van der Waals surface area contributed by atoms with Crippen molar-refractivity contribution >= 4 is 22.9 Å². The van der Waals surface area contributed by atoms with Crippen molar-refractivity contribution < 1.29 is 9.53 Å². The van der Waals surface area contributed by atoms with Crippen molar-refractivity contribution in [1.82, 2.24) is 14.9 Å². The van der Waals surface area contributed by atoms with E-state index in [1.54, 1.807) is 23.7 Å². The summed E-state index contributed by atoms with van der Waals surface area (Å²) in [6.07, 6.45) is 3.59. The minimum atomic E-state index is 0.0457. The Morgan fingerprint density at radius 1 is 1.14 bits per heavy atom. The number of nitrogens with zero attached hydrogens (tertiary/aromatic N) is 4. The number of thiazole rings is 1. The van der Waals surface area contributed by atoms with Gasteiger partial charge in [0.05, 0.1) is 10.7 Å². The summed E-state index contributed by atoms with van der Waals surface area (Å²) < 4.78 is 5.82. The lowest BCUT2D eigenvalue weighted by atomic mass is 10.1. The van der Waals surface area contributed by atoms with Crippen LogP contribution in [0.5, 0.6) is 5.75 Å². The molecular weight excluding hydrogens is 372 g/mol. The van der Waals surface area contributed by atoms with Gasteiger partial charge >= 0.3 is 0 Å². The molecule has 7 heteroatoms.